The van der Waals surface area contributed by atoms with Gasteiger partial charge in [0.05, 0.1) is 23.7 Å². The van der Waals surface area contributed by atoms with Crippen molar-refractivity contribution in [3.63, 3.8) is 0 Å². The summed E-state index contributed by atoms with van der Waals surface area (Å²) in [6.45, 7) is 0.849. The minimum atomic E-state index is -0.908. The lowest BCUT2D eigenvalue weighted by atomic mass is 9.89. The van der Waals surface area contributed by atoms with Gasteiger partial charge in [0, 0.05) is 37.0 Å². The van der Waals surface area contributed by atoms with E-state index in [9.17, 15) is 28.5 Å². The number of ether oxygens (including phenoxy) is 1. The third-order valence-electron chi connectivity index (χ3n) is 6.38. The Morgan fingerprint density at radius 1 is 1.05 bits per heavy atom. The molecule has 0 radical (unpaired) electrons. The van der Waals surface area contributed by atoms with Crippen LogP contribution in [0.25, 0.3) is 6.08 Å². The van der Waals surface area contributed by atoms with E-state index < -0.39 is 28.2 Å². The topological polar surface area (TPSA) is 102 Å². The van der Waals surface area contributed by atoms with E-state index >= 15 is 0 Å². The summed E-state index contributed by atoms with van der Waals surface area (Å²) < 4.78 is 32.9. The summed E-state index contributed by atoms with van der Waals surface area (Å²) in [4.78, 5) is 36.7. The predicted octanol–water partition coefficient (Wildman–Crippen LogP) is 5.55. The van der Waals surface area contributed by atoms with Crippen LogP contribution in [0.4, 0.5) is 20.2 Å². The van der Waals surface area contributed by atoms with E-state index in [-0.39, 0.29) is 17.4 Å². The molecule has 1 N–H and O–H groups in total. The van der Waals surface area contributed by atoms with E-state index in [1.54, 1.807) is 23.1 Å². The number of benzene rings is 3. The van der Waals surface area contributed by atoms with Crippen molar-refractivity contribution in [2.24, 2.45) is 0 Å². The van der Waals surface area contributed by atoms with Gasteiger partial charge in [-0.3, -0.25) is 19.7 Å². The number of anilines is 1. The van der Waals surface area contributed by atoms with Crippen molar-refractivity contribution in [2.45, 2.75) is 18.8 Å². The second-order valence-electron chi connectivity index (χ2n) is 8.86. The number of carbonyl (C=O) groups is 2. The first-order valence-electron chi connectivity index (χ1n) is 11.9. The molecule has 38 heavy (non-hydrogen) atoms. The molecule has 2 amide bonds. The van der Waals surface area contributed by atoms with Crippen molar-refractivity contribution in [2.75, 3.05) is 25.5 Å². The average molecular weight is 522 g/mol. The van der Waals surface area contributed by atoms with Crippen molar-refractivity contribution in [3.8, 4) is 5.75 Å². The molecule has 0 bridgehead atoms. The maximum Gasteiger partial charge on any atom is 0.272 e. The summed E-state index contributed by atoms with van der Waals surface area (Å²) in [6.07, 6.45) is 4.15. The van der Waals surface area contributed by atoms with E-state index in [1.165, 1.54) is 31.4 Å². The van der Waals surface area contributed by atoms with Gasteiger partial charge in [-0.2, -0.15) is 0 Å². The maximum atomic E-state index is 14.3. The third-order valence-corrected chi connectivity index (χ3v) is 6.38. The van der Waals surface area contributed by atoms with Crippen molar-refractivity contribution in [1.29, 1.82) is 0 Å². The molecule has 0 aliphatic carbocycles. The zero-order valence-corrected chi connectivity index (χ0v) is 20.5. The molecule has 0 spiro atoms. The molecule has 4 rings (SSSR count). The quantitative estimate of drug-likeness (QED) is 0.249. The largest absolute Gasteiger partial charge is 0.497 e. The molecule has 1 aliphatic rings. The standard InChI is InChI=1S/C28H25F2N3O5/c1-38-24-15-18(14-21(29)16-24)2-9-27(34)31-22-5-3-19(4-6-22)20-10-12-32(13-11-20)28(35)25-8-7-23(33(36)37)17-26(25)30/h2-9,14-17,20H,10-13H2,1H3,(H,31,34)/b9-2+. The fourth-order valence-electron chi connectivity index (χ4n) is 4.37. The van der Waals surface area contributed by atoms with E-state index in [1.807, 2.05) is 12.1 Å². The number of likely N-dealkylation sites (tertiary alicyclic amines) is 1. The summed E-state index contributed by atoms with van der Waals surface area (Å²) in [5.41, 5.74) is 1.56. The van der Waals surface area contributed by atoms with Crippen molar-refractivity contribution < 1.29 is 28.0 Å². The number of nitrogens with one attached hydrogen (secondary N) is 1. The molecule has 1 fully saturated rings. The van der Waals surface area contributed by atoms with Gasteiger partial charge in [-0.1, -0.05) is 12.1 Å². The zero-order valence-electron chi connectivity index (χ0n) is 20.5. The SMILES string of the molecule is COc1cc(F)cc(/C=C/C(=O)Nc2ccc(C3CCN(C(=O)c4ccc([N+](=O)[O-])cc4F)CC3)cc2)c1. The Bertz CT molecular complexity index is 1380. The average Bonchev–Trinajstić information content (AvgIpc) is 2.91. The smallest absolute Gasteiger partial charge is 0.272 e. The minimum Gasteiger partial charge on any atom is -0.497 e. The first kappa shape index (κ1) is 26.5. The monoisotopic (exact) mass is 521 g/mol. The number of amides is 2. The van der Waals surface area contributed by atoms with Crippen LogP contribution in [0, 0.1) is 21.7 Å². The molecule has 0 aromatic heterocycles. The highest BCUT2D eigenvalue weighted by molar-refractivity contribution is 6.02. The maximum absolute atomic E-state index is 14.3. The molecule has 0 saturated carbocycles. The van der Waals surface area contributed by atoms with Gasteiger partial charge in [0.2, 0.25) is 5.91 Å². The fraction of sp³-hybridized carbons (Fsp3) is 0.214. The molecule has 1 saturated heterocycles. The number of nitro groups is 1. The van der Waals surface area contributed by atoms with Gasteiger partial charge >= 0.3 is 0 Å². The van der Waals surface area contributed by atoms with Crippen LogP contribution in [0.3, 0.4) is 0 Å². The molecule has 1 heterocycles. The molecule has 0 unspecified atom stereocenters. The van der Waals surface area contributed by atoms with Gasteiger partial charge in [0.15, 0.2) is 0 Å². The second-order valence-corrected chi connectivity index (χ2v) is 8.86. The molecule has 3 aromatic carbocycles. The van der Waals surface area contributed by atoms with Crippen molar-refractivity contribution in [3.05, 3.63) is 105 Å². The lowest BCUT2D eigenvalue weighted by Crippen LogP contribution is -2.38. The van der Waals surface area contributed by atoms with E-state index in [0.29, 0.717) is 42.9 Å². The number of non-ortho nitro benzene ring substituents is 1. The highest BCUT2D eigenvalue weighted by atomic mass is 19.1. The number of piperidine rings is 1. The molecule has 0 atom stereocenters. The minimum absolute atomic E-state index is 0.181. The van der Waals surface area contributed by atoms with Gasteiger partial charge in [-0.25, -0.2) is 8.78 Å². The van der Waals surface area contributed by atoms with Crippen molar-refractivity contribution >= 4 is 29.3 Å². The molecule has 8 nitrogen and oxygen atoms in total. The number of halogens is 2. The van der Waals surface area contributed by atoms with E-state index in [4.69, 9.17) is 4.74 Å². The fourth-order valence-corrected chi connectivity index (χ4v) is 4.37. The van der Waals surface area contributed by atoms with Crippen LogP contribution in [-0.2, 0) is 4.79 Å². The Balaban J connectivity index is 1.31. The number of carbonyl (C=O) groups excluding carboxylic acids is 2. The number of rotatable bonds is 7. The first-order chi connectivity index (χ1) is 18.2. The summed E-state index contributed by atoms with van der Waals surface area (Å²) >= 11 is 0. The molecular weight excluding hydrogens is 496 g/mol. The molecule has 3 aromatic rings. The van der Waals surface area contributed by atoms with Crippen LogP contribution in [-0.4, -0.2) is 41.8 Å². The zero-order chi connectivity index (χ0) is 27.2. The Labute approximate surface area is 217 Å². The number of nitrogens with zero attached hydrogens (tertiary/aromatic N) is 2. The summed E-state index contributed by atoms with van der Waals surface area (Å²) in [5, 5.41) is 13.6. The van der Waals surface area contributed by atoms with Crippen molar-refractivity contribution in [1.82, 2.24) is 4.90 Å². The van der Waals surface area contributed by atoms with E-state index in [2.05, 4.69) is 5.32 Å². The number of hydrogen-bond donors (Lipinski definition) is 1. The lowest BCUT2D eigenvalue weighted by molar-refractivity contribution is -0.385. The Hall–Kier alpha value is -4.60. The van der Waals surface area contributed by atoms with Gasteiger partial charge in [-0.15, -0.1) is 0 Å². The number of methoxy groups -OCH3 is 1. The van der Waals surface area contributed by atoms with Crippen LogP contribution in [0.15, 0.2) is 66.7 Å². The van der Waals surface area contributed by atoms with Gasteiger partial charge in [-0.05, 0) is 66.3 Å². The molecular formula is C28H25F2N3O5. The highest BCUT2D eigenvalue weighted by Crippen LogP contribution is 2.30. The van der Waals surface area contributed by atoms with Crippen LogP contribution < -0.4 is 10.1 Å². The summed E-state index contributed by atoms with van der Waals surface area (Å²) in [7, 11) is 1.44. The predicted molar refractivity (Wildman–Crippen MR) is 138 cm³/mol. The van der Waals surface area contributed by atoms with Crippen LogP contribution in [0.5, 0.6) is 5.75 Å². The van der Waals surface area contributed by atoms with Gasteiger partial charge in [0.1, 0.15) is 17.4 Å². The Morgan fingerprint density at radius 3 is 2.39 bits per heavy atom. The Morgan fingerprint density at radius 2 is 1.76 bits per heavy atom. The highest BCUT2D eigenvalue weighted by Gasteiger charge is 2.27. The van der Waals surface area contributed by atoms with Gasteiger partial charge in [0.25, 0.3) is 11.6 Å². The number of nitro benzene ring substituents is 1. The van der Waals surface area contributed by atoms with E-state index in [0.717, 1.165) is 23.8 Å². The summed E-state index contributed by atoms with van der Waals surface area (Å²) in [6, 6.07) is 14.6. The Kier molecular flexibility index (Phi) is 8.10. The molecule has 196 valence electrons. The van der Waals surface area contributed by atoms with Crippen LogP contribution in [0.1, 0.15) is 40.2 Å². The second kappa shape index (κ2) is 11.6. The molecule has 1 aliphatic heterocycles. The molecule has 10 heteroatoms. The first-order valence-corrected chi connectivity index (χ1v) is 11.9. The lowest BCUT2D eigenvalue weighted by Gasteiger charge is -2.32. The van der Waals surface area contributed by atoms with Crippen LogP contribution >= 0.6 is 0 Å². The van der Waals surface area contributed by atoms with Crippen LogP contribution in [0.2, 0.25) is 0 Å². The number of hydrogen-bond acceptors (Lipinski definition) is 5. The summed E-state index contributed by atoms with van der Waals surface area (Å²) in [5.74, 6) is -1.68. The third kappa shape index (κ3) is 6.39. The van der Waals surface area contributed by atoms with Gasteiger partial charge < -0.3 is 15.0 Å². The normalized spacial score (nSPS) is 13.9.